The summed E-state index contributed by atoms with van der Waals surface area (Å²) in [5.74, 6) is 0.196. The van der Waals surface area contributed by atoms with Crippen LogP contribution in [0.2, 0.25) is 0 Å². The lowest BCUT2D eigenvalue weighted by molar-refractivity contribution is -0.114. The normalized spacial score (nSPS) is 10.5. The number of carbonyl (C=O) groups is 1. The standard InChI is InChI=1S/C12H9Br2NO4/c1-5(16)15-8-4-6-3-7(13)11(18-2)9(14)10(6)19-12(8)17/h3-4H,1-2H3,(H,15,16). The molecule has 7 heteroatoms. The zero-order chi connectivity index (χ0) is 14.2. The average molecular weight is 391 g/mol. The Labute approximate surface area is 125 Å². The fourth-order valence-corrected chi connectivity index (χ4v) is 3.20. The maximum atomic E-state index is 11.8. The van der Waals surface area contributed by atoms with Crippen molar-refractivity contribution in [3.8, 4) is 5.75 Å². The first-order chi connectivity index (χ1) is 8.93. The van der Waals surface area contributed by atoms with Crippen LogP contribution < -0.4 is 15.7 Å². The van der Waals surface area contributed by atoms with Crippen molar-refractivity contribution in [2.24, 2.45) is 0 Å². The highest BCUT2D eigenvalue weighted by molar-refractivity contribution is 9.11. The van der Waals surface area contributed by atoms with Gasteiger partial charge in [0.05, 0.1) is 11.6 Å². The van der Waals surface area contributed by atoms with Crippen LogP contribution in [-0.4, -0.2) is 13.0 Å². The van der Waals surface area contributed by atoms with Crippen LogP contribution in [0.4, 0.5) is 5.69 Å². The summed E-state index contributed by atoms with van der Waals surface area (Å²) in [6.45, 7) is 1.32. The SMILES string of the molecule is COc1c(Br)cc2cc(NC(C)=O)c(=O)oc2c1Br. The van der Waals surface area contributed by atoms with Crippen LogP contribution in [0.1, 0.15) is 6.92 Å². The van der Waals surface area contributed by atoms with Gasteiger partial charge in [-0.15, -0.1) is 0 Å². The molecule has 0 unspecified atom stereocenters. The predicted molar refractivity (Wildman–Crippen MR) is 78.7 cm³/mol. The second-order valence-electron chi connectivity index (χ2n) is 3.75. The van der Waals surface area contributed by atoms with E-state index in [1.165, 1.54) is 14.0 Å². The van der Waals surface area contributed by atoms with E-state index in [1.54, 1.807) is 12.1 Å². The number of methoxy groups -OCH3 is 1. The van der Waals surface area contributed by atoms with Gasteiger partial charge < -0.3 is 14.5 Å². The minimum Gasteiger partial charge on any atom is -0.494 e. The van der Waals surface area contributed by atoms with Crippen LogP contribution >= 0.6 is 31.9 Å². The number of anilines is 1. The van der Waals surface area contributed by atoms with E-state index in [4.69, 9.17) is 9.15 Å². The third kappa shape index (κ3) is 2.66. The van der Waals surface area contributed by atoms with Crippen LogP contribution in [0.5, 0.6) is 5.75 Å². The molecule has 1 aromatic carbocycles. The van der Waals surface area contributed by atoms with Gasteiger partial charge in [0.2, 0.25) is 5.91 Å². The van der Waals surface area contributed by atoms with Gasteiger partial charge in [-0.1, -0.05) is 0 Å². The highest BCUT2D eigenvalue weighted by atomic mass is 79.9. The molecule has 0 saturated carbocycles. The van der Waals surface area contributed by atoms with E-state index in [0.717, 1.165) is 0 Å². The first-order valence-corrected chi connectivity index (χ1v) is 6.80. The summed E-state index contributed by atoms with van der Waals surface area (Å²) in [6, 6.07) is 3.30. The molecule has 0 spiro atoms. The number of nitrogens with one attached hydrogen (secondary N) is 1. The van der Waals surface area contributed by atoms with E-state index in [9.17, 15) is 9.59 Å². The highest BCUT2D eigenvalue weighted by Gasteiger charge is 2.15. The monoisotopic (exact) mass is 389 g/mol. The maximum absolute atomic E-state index is 11.8. The van der Waals surface area contributed by atoms with Gasteiger partial charge >= 0.3 is 5.63 Å². The molecule has 0 aliphatic heterocycles. The Kier molecular flexibility index (Phi) is 3.96. The number of benzene rings is 1. The molecule has 0 bridgehead atoms. The Bertz CT molecular complexity index is 724. The van der Waals surface area contributed by atoms with E-state index in [0.29, 0.717) is 25.7 Å². The summed E-state index contributed by atoms with van der Waals surface area (Å²) >= 11 is 6.69. The Hall–Kier alpha value is -1.34. The number of amides is 1. The molecular formula is C12H9Br2NO4. The van der Waals surface area contributed by atoms with E-state index in [-0.39, 0.29) is 11.6 Å². The van der Waals surface area contributed by atoms with Gasteiger partial charge in [0.1, 0.15) is 10.2 Å². The van der Waals surface area contributed by atoms with Gasteiger partial charge in [0, 0.05) is 12.3 Å². The molecular weight excluding hydrogens is 382 g/mol. The number of rotatable bonds is 2. The smallest absolute Gasteiger partial charge is 0.360 e. The predicted octanol–water partition coefficient (Wildman–Crippen LogP) is 3.29. The Morgan fingerprint density at radius 3 is 2.63 bits per heavy atom. The fraction of sp³-hybridized carbons (Fsp3) is 0.167. The zero-order valence-electron chi connectivity index (χ0n) is 10.0. The van der Waals surface area contributed by atoms with Crippen LogP contribution in [-0.2, 0) is 4.79 Å². The topological polar surface area (TPSA) is 68.5 Å². The fourth-order valence-electron chi connectivity index (χ4n) is 1.64. The van der Waals surface area contributed by atoms with E-state index in [2.05, 4.69) is 37.2 Å². The molecule has 0 aliphatic carbocycles. The van der Waals surface area contributed by atoms with Crippen molar-refractivity contribution < 1.29 is 13.9 Å². The molecule has 100 valence electrons. The molecule has 0 radical (unpaired) electrons. The minimum absolute atomic E-state index is 0.101. The van der Waals surface area contributed by atoms with Gasteiger partial charge in [0.25, 0.3) is 0 Å². The van der Waals surface area contributed by atoms with Crippen molar-refractivity contribution in [3.05, 3.63) is 31.5 Å². The molecule has 1 heterocycles. The molecule has 0 atom stereocenters. The van der Waals surface area contributed by atoms with Crippen molar-refractivity contribution in [1.82, 2.24) is 0 Å². The third-order valence-corrected chi connectivity index (χ3v) is 3.70. The van der Waals surface area contributed by atoms with E-state index < -0.39 is 5.63 Å². The lowest BCUT2D eigenvalue weighted by atomic mass is 10.2. The zero-order valence-corrected chi connectivity index (χ0v) is 13.2. The van der Waals surface area contributed by atoms with Crippen molar-refractivity contribution >= 4 is 54.4 Å². The second-order valence-corrected chi connectivity index (χ2v) is 5.40. The largest absolute Gasteiger partial charge is 0.494 e. The molecule has 0 fully saturated rings. The van der Waals surface area contributed by atoms with Gasteiger partial charge in [-0.3, -0.25) is 4.79 Å². The first-order valence-electron chi connectivity index (χ1n) is 5.21. The molecule has 2 rings (SSSR count). The van der Waals surface area contributed by atoms with Crippen molar-refractivity contribution in [1.29, 1.82) is 0 Å². The van der Waals surface area contributed by atoms with Gasteiger partial charge in [-0.05, 0) is 44.0 Å². The van der Waals surface area contributed by atoms with E-state index in [1.807, 2.05) is 0 Å². The highest BCUT2D eigenvalue weighted by Crippen LogP contribution is 2.39. The molecule has 0 saturated heterocycles. The maximum Gasteiger partial charge on any atom is 0.360 e. The quantitative estimate of drug-likeness (QED) is 0.799. The number of hydrogen-bond acceptors (Lipinski definition) is 4. The van der Waals surface area contributed by atoms with Crippen LogP contribution in [0.15, 0.2) is 30.3 Å². The molecule has 1 aromatic heterocycles. The lowest BCUT2D eigenvalue weighted by Gasteiger charge is -2.09. The molecule has 1 amide bonds. The van der Waals surface area contributed by atoms with E-state index >= 15 is 0 Å². The molecule has 5 nitrogen and oxygen atoms in total. The van der Waals surface area contributed by atoms with Crippen molar-refractivity contribution in [2.75, 3.05) is 12.4 Å². The Morgan fingerprint density at radius 1 is 1.37 bits per heavy atom. The van der Waals surface area contributed by atoms with Crippen LogP contribution in [0.3, 0.4) is 0 Å². The summed E-state index contributed by atoms with van der Waals surface area (Å²) in [5, 5.41) is 3.08. The summed E-state index contributed by atoms with van der Waals surface area (Å²) in [4.78, 5) is 22.8. The first kappa shape index (κ1) is 14.1. The number of hydrogen-bond donors (Lipinski definition) is 1. The number of carbonyl (C=O) groups excluding carboxylic acids is 1. The van der Waals surface area contributed by atoms with Crippen molar-refractivity contribution in [3.63, 3.8) is 0 Å². The summed E-state index contributed by atoms with van der Waals surface area (Å²) in [5.41, 5.74) is -0.157. The lowest BCUT2D eigenvalue weighted by Crippen LogP contribution is -2.14. The van der Waals surface area contributed by atoms with Crippen LogP contribution in [0, 0.1) is 0 Å². The van der Waals surface area contributed by atoms with Crippen molar-refractivity contribution in [2.45, 2.75) is 6.92 Å². The number of fused-ring (bicyclic) bond motifs is 1. The third-order valence-electron chi connectivity index (χ3n) is 2.39. The summed E-state index contributed by atoms with van der Waals surface area (Å²) in [7, 11) is 1.51. The van der Waals surface area contributed by atoms with Gasteiger partial charge in [0.15, 0.2) is 11.3 Å². The number of ether oxygens (including phenoxy) is 1. The Balaban J connectivity index is 2.75. The molecule has 2 aromatic rings. The second kappa shape index (κ2) is 5.34. The van der Waals surface area contributed by atoms with Crippen LogP contribution in [0.25, 0.3) is 11.0 Å². The molecule has 19 heavy (non-hydrogen) atoms. The molecule has 0 aliphatic rings. The summed E-state index contributed by atoms with van der Waals surface area (Å²) < 4.78 is 11.6. The summed E-state index contributed by atoms with van der Waals surface area (Å²) in [6.07, 6.45) is 0. The minimum atomic E-state index is -0.618. The molecule has 1 N–H and O–H groups in total. The average Bonchev–Trinajstić information content (AvgIpc) is 2.31. The van der Waals surface area contributed by atoms with Gasteiger partial charge in [-0.25, -0.2) is 4.79 Å². The number of halogens is 2. The van der Waals surface area contributed by atoms with Gasteiger partial charge in [-0.2, -0.15) is 0 Å². The Morgan fingerprint density at radius 2 is 2.05 bits per heavy atom.